The molecule has 1 heterocycles. The molecule has 1 aliphatic rings. The Bertz CT molecular complexity index is 642. The Kier molecular flexibility index (Phi) is 4.39. The van der Waals surface area contributed by atoms with Crippen LogP contribution in [0.25, 0.3) is 11.1 Å². The van der Waals surface area contributed by atoms with Crippen LogP contribution in [0.1, 0.15) is 6.42 Å². The van der Waals surface area contributed by atoms with Crippen molar-refractivity contribution in [3.63, 3.8) is 0 Å². The fraction of sp³-hybridized carbons (Fsp3) is 0.278. The van der Waals surface area contributed by atoms with Crippen molar-refractivity contribution < 1.29 is 14.3 Å². The van der Waals surface area contributed by atoms with Gasteiger partial charge in [0, 0.05) is 18.5 Å². The fourth-order valence-electron chi connectivity index (χ4n) is 2.72. The third-order valence-corrected chi connectivity index (χ3v) is 3.84. The van der Waals surface area contributed by atoms with Crippen LogP contribution in [0.5, 0.6) is 5.75 Å². The highest BCUT2D eigenvalue weighted by Crippen LogP contribution is 2.31. The lowest BCUT2D eigenvalue weighted by atomic mass is 10.0. The molecule has 2 atom stereocenters. The van der Waals surface area contributed by atoms with Crippen LogP contribution in [0, 0.1) is 0 Å². The first-order chi connectivity index (χ1) is 10.8. The zero-order valence-electron chi connectivity index (χ0n) is 12.5. The van der Waals surface area contributed by atoms with Crippen LogP contribution in [0.3, 0.4) is 0 Å². The molecule has 1 fully saturated rings. The first-order valence-electron chi connectivity index (χ1n) is 7.40. The number of nitrogens with one attached hydrogen (secondary N) is 1. The van der Waals surface area contributed by atoms with Gasteiger partial charge in [0.1, 0.15) is 17.9 Å². The number of carbonyl (C=O) groups is 1. The van der Waals surface area contributed by atoms with Crippen molar-refractivity contribution >= 4 is 5.97 Å². The predicted molar refractivity (Wildman–Crippen MR) is 84.7 cm³/mol. The van der Waals surface area contributed by atoms with Crippen LogP contribution in [-0.4, -0.2) is 31.8 Å². The summed E-state index contributed by atoms with van der Waals surface area (Å²) in [4.78, 5) is 11.6. The van der Waals surface area contributed by atoms with Crippen LogP contribution < -0.4 is 10.1 Å². The monoisotopic (exact) mass is 297 g/mol. The van der Waals surface area contributed by atoms with Crippen molar-refractivity contribution in [1.82, 2.24) is 5.32 Å². The van der Waals surface area contributed by atoms with E-state index in [4.69, 9.17) is 9.47 Å². The standard InChI is InChI=1S/C18H19NO3/c1-21-18(20)16-11-14(12-19-16)22-17-10-6-5-9-15(17)13-7-3-2-4-8-13/h2-10,14,16,19H,11-12H2,1H3/t14-,16-/m0/s1. The second-order valence-electron chi connectivity index (χ2n) is 5.32. The smallest absolute Gasteiger partial charge is 0.323 e. The molecule has 0 radical (unpaired) electrons. The molecule has 4 heteroatoms. The number of hydrogen-bond acceptors (Lipinski definition) is 4. The van der Waals surface area contributed by atoms with Gasteiger partial charge in [-0.15, -0.1) is 0 Å². The van der Waals surface area contributed by atoms with E-state index in [2.05, 4.69) is 17.4 Å². The van der Waals surface area contributed by atoms with E-state index in [1.807, 2.05) is 42.5 Å². The van der Waals surface area contributed by atoms with Gasteiger partial charge in [-0.25, -0.2) is 0 Å². The minimum Gasteiger partial charge on any atom is -0.488 e. The van der Waals surface area contributed by atoms with E-state index in [9.17, 15) is 4.79 Å². The first kappa shape index (κ1) is 14.6. The Balaban J connectivity index is 1.76. The van der Waals surface area contributed by atoms with Crippen molar-refractivity contribution in [3.05, 3.63) is 54.6 Å². The van der Waals surface area contributed by atoms with Gasteiger partial charge in [0.05, 0.1) is 7.11 Å². The predicted octanol–water partition coefficient (Wildman–Crippen LogP) is 2.64. The molecule has 22 heavy (non-hydrogen) atoms. The lowest BCUT2D eigenvalue weighted by molar-refractivity contribution is -0.142. The lowest BCUT2D eigenvalue weighted by Crippen LogP contribution is -2.31. The summed E-state index contributed by atoms with van der Waals surface area (Å²) >= 11 is 0. The Labute approximate surface area is 130 Å². The zero-order chi connectivity index (χ0) is 15.4. The summed E-state index contributed by atoms with van der Waals surface area (Å²) in [6, 6.07) is 17.8. The topological polar surface area (TPSA) is 47.6 Å². The molecule has 2 aromatic carbocycles. The van der Waals surface area contributed by atoms with Crippen molar-refractivity contribution in [2.75, 3.05) is 13.7 Å². The Morgan fingerprint density at radius 3 is 2.59 bits per heavy atom. The molecule has 0 unspecified atom stereocenters. The molecule has 1 saturated heterocycles. The summed E-state index contributed by atoms with van der Waals surface area (Å²) < 4.78 is 10.9. The molecule has 4 nitrogen and oxygen atoms in total. The van der Waals surface area contributed by atoms with Crippen LogP contribution in [-0.2, 0) is 9.53 Å². The number of benzene rings is 2. The van der Waals surface area contributed by atoms with Crippen LogP contribution in [0.15, 0.2) is 54.6 Å². The second-order valence-corrected chi connectivity index (χ2v) is 5.32. The molecule has 0 spiro atoms. The molecule has 0 bridgehead atoms. The van der Waals surface area contributed by atoms with Gasteiger partial charge in [-0.1, -0.05) is 48.5 Å². The van der Waals surface area contributed by atoms with E-state index in [1.54, 1.807) is 0 Å². The van der Waals surface area contributed by atoms with Gasteiger partial charge < -0.3 is 14.8 Å². The van der Waals surface area contributed by atoms with Gasteiger partial charge in [0.15, 0.2) is 0 Å². The Morgan fingerprint density at radius 2 is 1.82 bits per heavy atom. The van der Waals surface area contributed by atoms with Crippen molar-refractivity contribution in [3.8, 4) is 16.9 Å². The number of carbonyl (C=O) groups excluding carboxylic acids is 1. The summed E-state index contributed by atoms with van der Waals surface area (Å²) in [6.07, 6.45) is 0.587. The maximum Gasteiger partial charge on any atom is 0.323 e. The maximum absolute atomic E-state index is 11.6. The summed E-state index contributed by atoms with van der Waals surface area (Å²) in [7, 11) is 1.41. The number of para-hydroxylation sites is 1. The van der Waals surface area contributed by atoms with Crippen molar-refractivity contribution in [1.29, 1.82) is 0 Å². The summed E-state index contributed by atoms with van der Waals surface area (Å²) in [6.45, 7) is 0.642. The number of ether oxygens (including phenoxy) is 2. The number of hydrogen-bond donors (Lipinski definition) is 1. The van der Waals surface area contributed by atoms with Crippen molar-refractivity contribution in [2.45, 2.75) is 18.6 Å². The average molecular weight is 297 g/mol. The zero-order valence-corrected chi connectivity index (χ0v) is 12.5. The van der Waals surface area contributed by atoms with E-state index >= 15 is 0 Å². The average Bonchev–Trinajstić information content (AvgIpc) is 3.04. The summed E-state index contributed by atoms with van der Waals surface area (Å²) in [5.41, 5.74) is 2.18. The molecule has 114 valence electrons. The molecular formula is C18H19NO3. The third kappa shape index (κ3) is 3.12. The molecule has 1 N–H and O–H groups in total. The molecule has 0 amide bonds. The van der Waals surface area contributed by atoms with E-state index < -0.39 is 0 Å². The molecule has 3 rings (SSSR count). The number of rotatable bonds is 4. The second kappa shape index (κ2) is 6.62. The minimum atomic E-state index is -0.279. The Hall–Kier alpha value is -2.33. The molecule has 2 aromatic rings. The molecule has 0 saturated carbocycles. The highest BCUT2D eigenvalue weighted by atomic mass is 16.5. The molecular weight excluding hydrogens is 278 g/mol. The highest BCUT2D eigenvalue weighted by molar-refractivity contribution is 5.76. The van der Waals surface area contributed by atoms with Gasteiger partial charge >= 0.3 is 5.97 Å². The molecule has 0 aromatic heterocycles. The van der Waals surface area contributed by atoms with Gasteiger partial charge in [0.2, 0.25) is 0 Å². The van der Waals surface area contributed by atoms with Gasteiger partial charge in [-0.2, -0.15) is 0 Å². The Morgan fingerprint density at radius 1 is 1.09 bits per heavy atom. The minimum absolute atomic E-state index is 0.0334. The lowest BCUT2D eigenvalue weighted by Gasteiger charge is -2.16. The fourth-order valence-corrected chi connectivity index (χ4v) is 2.72. The largest absolute Gasteiger partial charge is 0.488 e. The first-order valence-corrected chi connectivity index (χ1v) is 7.40. The van der Waals surface area contributed by atoms with E-state index in [0.717, 1.165) is 16.9 Å². The molecule has 1 aliphatic heterocycles. The quantitative estimate of drug-likeness (QED) is 0.881. The van der Waals surface area contributed by atoms with E-state index in [0.29, 0.717) is 13.0 Å². The maximum atomic E-state index is 11.6. The van der Waals surface area contributed by atoms with Crippen LogP contribution in [0.4, 0.5) is 0 Å². The summed E-state index contributed by atoms with van der Waals surface area (Å²) in [5, 5.41) is 3.14. The number of esters is 1. The van der Waals surface area contributed by atoms with Gasteiger partial charge in [-0.05, 0) is 11.6 Å². The number of methoxy groups -OCH3 is 1. The third-order valence-electron chi connectivity index (χ3n) is 3.84. The summed E-state index contributed by atoms with van der Waals surface area (Å²) in [5.74, 6) is 0.605. The van der Waals surface area contributed by atoms with Gasteiger partial charge in [0.25, 0.3) is 0 Å². The van der Waals surface area contributed by atoms with E-state index in [-0.39, 0.29) is 18.1 Å². The van der Waals surface area contributed by atoms with Gasteiger partial charge in [-0.3, -0.25) is 4.79 Å². The SMILES string of the molecule is COC(=O)[C@@H]1C[C@H](Oc2ccccc2-c2ccccc2)CN1. The van der Waals surface area contributed by atoms with Crippen LogP contribution in [0.2, 0.25) is 0 Å². The normalized spacial score (nSPS) is 20.6. The molecule has 0 aliphatic carbocycles. The van der Waals surface area contributed by atoms with Crippen LogP contribution >= 0.6 is 0 Å². The highest BCUT2D eigenvalue weighted by Gasteiger charge is 2.31. The van der Waals surface area contributed by atoms with Crippen molar-refractivity contribution in [2.24, 2.45) is 0 Å². The van der Waals surface area contributed by atoms with E-state index in [1.165, 1.54) is 7.11 Å².